The molecule has 0 radical (unpaired) electrons. The average molecular weight is 360 g/mol. The highest BCUT2D eigenvalue weighted by molar-refractivity contribution is 6.42. The molecular formula is C18H15Cl2N3O. The van der Waals surface area contributed by atoms with Gasteiger partial charge in [0.15, 0.2) is 0 Å². The van der Waals surface area contributed by atoms with E-state index in [1.54, 1.807) is 0 Å². The first kappa shape index (κ1) is 15.5. The lowest BCUT2D eigenvalue weighted by molar-refractivity contribution is -0.123. The maximum absolute atomic E-state index is 12.6. The van der Waals surface area contributed by atoms with Crippen LogP contribution in [0, 0.1) is 5.92 Å². The summed E-state index contributed by atoms with van der Waals surface area (Å²) in [5, 5.41) is 7.81. The topological polar surface area (TPSA) is 35.9 Å². The number of carbonyl (C=O) groups is 1. The molecule has 4 nitrogen and oxygen atoms in total. The van der Waals surface area contributed by atoms with Crippen molar-refractivity contribution in [3.63, 3.8) is 0 Å². The molecule has 122 valence electrons. The first-order chi connectivity index (χ1) is 11.6. The molecule has 2 heterocycles. The van der Waals surface area contributed by atoms with Gasteiger partial charge in [0.1, 0.15) is 5.71 Å². The molecule has 6 heteroatoms. The largest absolute Gasteiger partial charge is 0.332 e. The Hall–Kier alpha value is -2.04. The zero-order valence-electron chi connectivity index (χ0n) is 12.8. The quantitative estimate of drug-likeness (QED) is 0.834. The summed E-state index contributed by atoms with van der Waals surface area (Å²) in [6.45, 7) is 2.01. The summed E-state index contributed by atoms with van der Waals surface area (Å²) in [6.07, 6.45) is 0. The van der Waals surface area contributed by atoms with E-state index in [2.05, 4.69) is 5.10 Å². The van der Waals surface area contributed by atoms with Crippen LogP contribution in [-0.4, -0.2) is 29.6 Å². The van der Waals surface area contributed by atoms with Crippen LogP contribution in [0.1, 0.15) is 5.56 Å². The number of benzene rings is 2. The van der Waals surface area contributed by atoms with E-state index in [9.17, 15) is 4.79 Å². The van der Waals surface area contributed by atoms with Gasteiger partial charge in [0.25, 0.3) is 5.91 Å². The van der Waals surface area contributed by atoms with Crippen molar-refractivity contribution in [2.45, 2.75) is 6.54 Å². The molecule has 1 fully saturated rings. The highest BCUT2D eigenvalue weighted by Crippen LogP contribution is 2.29. The summed E-state index contributed by atoms with van der Waals surface area (Å²) in [5.74, 6) is 0.173. The van der Waals surface area contributed by atoms with Crippen molar-refractivity contribution in [2.75, 3.05) is 18.1 Å². The lowest BCUT2D eigenvalue weighted by Crippen LogP contribution is -2.29. The molecule has 1 saturated heterocycles. The highest BCUT2D eigenvalue weighted by atomic mass is 35.5. The molecule has 0 spiro atoms. The summed E-state index contributed by atoms with van der Waals surface area (Å²) in [7, 11) is 0. The fourth-order valence-corrected chi connectivity index (χ4v) is 3.40. The Kier molecular flexibility index (Phi) is 3.94. The van der Waals surface area contributed by atoms with Crippen molar-refractivity contribution >= 4 is 40.5 Å². The molecule has 1 atom stereocenters. The van der Waals surface area contributed by atoms with Crippen LogP contribution in [0.25, 0.3) is 0 Å². The minimum Gasteiger partial charge on any atom is -0.332 e. The van der Waals surface area contributed by atoms with E-state index in [-0.39, 0.29) is 11.8 Å². The lowest BCUT2D eigenvalue weighted by Gasteiger charge is -2.20. The van der Waals surface area contributed by atoms with E-state index in [1.165, 1.54) is 0 Å². The van der Waals surface area contributed by atoms with Gasteiger partial charge in [0.2, 0.25) is 0 Å². The third kappa shape index (κ3) is 2.87. The third-order valence-electron chi connectivity index (χ3n) is 4.37. The van der Waals surface area contributed by atoms with Crippen molar-refractivity contribution < 1.29 is 4.79 Å². The standard InChI is InChI=1S/C18H15Cl2N3O/c19-14-3-1-12(2-4-14)9-22-10-13-11-23(21-17(13)18(22)24)16-7-5-15(20)6-8-16/h1-8,13H,9-11H2. The van der Waals surface area contributed by atoms with Crippen molar-refractivity contribution in [1.82, 2.24) is 4.90 Å². The molecule has 2 aromatic carbocycles. The number of hydrogen-bond donors (Lipinski definition) is 0. The lowest BCUT2D eigenvalue weighted by atomic mass is 10.1. The number of halogens is 2. The second-order valence-corrected chi connectivity index (χ2v) is 6.93. The third-order valence-corrected chi connectivity index (χ3v) is 4.87. The zero-order valence-corrected chi connectivity index (χ0v) is 14.3. The maximum atomic E-state index is 12.6. The molecule has 4 rings (SSSR count). The molecular weight excluding hydrogens is 345 g/mol. The van der Waals surface area contributed by atoms with Gasteiger partial charge in [-0.2, -0.15) is 5.10 Å². The van der Waals surface area contributed by atoms with Crippen LogP contribution in [0.3, 0.4) is 0 Å². The van der Waals surface area contributed by atoms with E-state index in [4.69, 9.17) is 23.2 Å². The molecule has 1 unspecified atom stereocenters. The van der Waals surface area contributed by atoms with Crippen molar-refractivity contribution in [1.29, 1.82) is 0 Å². The van der Waals surface area contributed by atoms with Gasteiger partial charge in [-0.15, -0.1) is 0 Å². The molecule has 0 aromatic heterocycles. The fraction of sp³-hybridized carbons (Fsp3) is 0.222. The van der Waals surface area contributed by atoms with Gasteiger partial charge in [-0.25, -0.2) is 0 Å². The van der Waals surface area contributed by atoms with Gasteiger partial charge >= 0.3 is 0 Å². The molecule has 2 aromatic rings. The minimum atomic E-state index is 0.0198. The van der Waals surface area contributed by atoms with Crippen LogP contribution in [0.2, 0.25) is 10.0 Å². The highest BCUT2D eigenvalue weighted by Gasteiger charge is 2.42. The van der Waals surface area contributed by atoms with E-state index in [0.29, 0.717) is 28.8 Å². The first-order valence-electron chi connectivity index (χ1n) is 7.75. The van der Waals surface area contributed by atoms with E-state index < -0.39 is 0 Å². The Bertz CT molecular complexity index is 802. The number of amides is 1. The number of nitrogens with zero attached hydrogens (tertiary/aromatic N) is 3. The summed E-state index contributed by atoms with van der Waals surface area (Å²) in [6, 6.07) is 15.1. The number of likely N-dealkylation sites (tertiary alicyclic amines) is 1. The van der Waals surface area contributed by atoms with Crippen LogP contribution >= 0.6 is 23.2 Å². The zero-order chi connectivity index (χ0) is 16.7. The Labute approximate surface area is 150 Å². The van der Waals surface area contributed by atoms with Gasteiger partial charge in [0, 0.05) is 29.1 Å². The van der Waals surface area contributed by atoms with Crippen LogP contribution in [0.4, 0.5) is 5.69 Å². The van der Waals surface area contributed by atoms with Gasteiger partial charge in [-0.1, -0.05) is 35.3 Å². The van der Waals surface area contributed by atoms with Crippen LogP contribution < -0.4 is 5.01 Å². The summed E-state index contributed by atoms with van der Waals surface area (Å²) in [5.41, 5.74) is 2.68. The summed E-state index contributed by atoms with van der Waals surface area (Å²) in [4.78, 5) is 14.5. The maximum Gasteiger partial charge on any atom is 0.270 e. The number of hydrazone groups is 1. The Balaban J connectivity index is 1.49. The Morgan fingerprint density at radius 3 is 2.21 bits per heavy atom. The molecule has 0 saturated carbocycles. The molecule has 0 bridgehead atoms. The average Bonchev–Trinajstić information content (AvgIpc) is 3.11. The molecule has 2 aliphatic heterocycles. The Morgan fingerprint density at radius 1 is 0.958 bits per heavy atom. The van der Waals surface area contributed by atoms with Gasteiger partial charge in [-0.05, 0) is 42.0 Å². The van der Waals surface area contributed by atoms with Crippen molar-refractivity contribution in [3.05, 3.63) is 64.1 Å². The normalized spacial score (nSPS) is 19.7. The summed E-state index contributed by atoms with van der Waals surface area (Å²) < 4.78 is 0. The van der Waals surface area contributed by atoms with E-state index in [1.807, 2.05) is 58.4 Å². The number of carbonyl (C=O) groups excluding carboxylic acids is 1. The SMILES string of the molecule is O=C1C2=NN(c3ccc(Cl)cc3)CC2CN1Cc1ccc(Cl)cc1. The molecule has 2 aliphatic rings. The van der Waals surface area contributed by atoms with Crippen molar-refractivity contribution in [3.8, 4) is 0 Å². The van der Waals surface area contributed by atoms with E-state index >= 15 is 0 Å². The minimum absolute atomic E-state index is 0.0198. The number of anilines is 1. The second kappa shape index (κ2) is 6.11. The number of fused-ring (bicyclic) bond motifs is 1. The van der Waals surface area contributed by atoms with Gasteiger partial charge < -0.3 is 4.90 Å². The predicted octanol–water partition coefficient (Wildman–Crippen LogP) is 3.83. The fourth-order valence-electron chi connectivity index (χ4n) is 3.14. The molecule has 0 aliphatic carbocycles. The Morgan fingerprint density at radius 2 is 1.58 bits per heavy atom. The first-order valence-corrected chi connectivity index (χ1v) is 8.51. The van der Waals surface area contributed by atoms with Gasteiger partial charge in [0.05, 0.1) is 12.2 Å². The van der Waals surface area contributed by atoms with Crippen LogP contribution in [0.5, 0.6) is 0 Å². The smallest absolute Gasteiger partial charge is 0.270 e. The molecule has 24 heavy (non-hydrogen) atoms. The summed E-state index contributed by atoms with van der Waals surface area (Å²) >= 11 is 11.8. The van der Waals surface area contributed by atoms with E-state index in [0.717, 1.165) is 17.8 Å². The molecule has 1 amide bonds. The van der Waals surface area contributed by atoms with Crippen LogP contribution in [-0.2, 0) is 11.3 Å². The second-order valence-electron chi connectivity index (χ2n) is 6.05. The van der Waals surface area contributed by atoms with Gasteiger partial charge in [-0.3, -0.25) is 9.80 Å². The van der Waals surface area contributed by atoms with Crippen molar-refractivity contribution in [2.24, 2.45) is 11.0 Å². The molecule has 0 N–H and O–H groups in total. The van der Waals surface area contributed by atoms with Crippen LogP contribution in [0.15, 0.2) is 53.6 Å². The number of rotatable bonds is 3. The predicted molar refractivity (Wildman–Crippen MR) is 96.6 cm³/mol. The monoisotopic (exact) mass is 359 g/mol. The number of hydrogen-bond acceptors (Lipinski definition) is 3.